The van der Waals surface area contributed by atoms with Crippen molar-refractivity contribution in [3.05, 3.63) is 73.4 Å². The number of rotatable bonds is 7. The third-order valence-electron chi connectivity index (χ3n) is 4.06. The number of benzene rings is 1. The van der Waals surface area contributed by atoms with Crippen molar-refractivity contribution in [2.75, 3.05) is 0 Å². The predicted octanol–water partition coefficient (Wildman–Crippen LogP) is 4.43. The highest BCUT2D eigenvalue weighted by molar-refractivity contribution is 7.99. The maximum absolute atomic E-state index is 5.87. The van der Waals surface area contributed by atoms with E-state index < -0.39 is 0 Å². The number of pyridine rings is 1. The molecule has 0 N–H and O–H groups in total. The van der Waals surface area contributed by atoms with Crippen LogP contribution in [-0.2, 0) is 6.54 Å². The number of nitrogens with zero attached hydrogens (tertiary/aromatic N) is 6. The minimum atomic E-state index is -0.0805. The van der Waals surface area contributed by atoms with Crippen LogP contribution < -0.4 is 0 Å². The smallest absolute Gasteiger partial charge is 0.247 e. The topological polar surface area (TPSA) is 82.5 Å². The molecule has 140 valence electrons. The van der Waals surface area contributed by atoms with Crippen LogP contribution in [0.4, 0.5) is 0 Å². The summed E-state index contributed by atoms with van der Waals surface area (Å²) >= 11 is 1.52. The van der Waals surface area contributed by atoms with E-state index in [1.165, 1.54) is 11.8 Å². The summed E-state index contributed by atoms with van der Waals surface area (Å²) in [6, 6.07) is 13.5. The molecule has 1 aromatic carbocycles. The van der Waals surface area contributed by atoms with Crippen molar-refractivity contribution >= 4 is 11.8 Å². The largest absolute Gasteiger partial charge is 0.419 e. The molecule has 8 heteroatoms. The van der Waals surface area contributed by atoms with E-state index in [2.05, 4.69) is 32.0 Å². The third-order valence-corrected chi connectivity index (χ3v) is 5.13. The van der Waals surface area contributed by atoms with Crippen LogP contribution in [0.15, 0.2) is 77.1 Å². The summed E-state index contributed by atoms with van der Waals surface area (Å²) in [4.78, 5) is 4.06. The molecule has 0 saturated heterocycles. The summed E-state index contributed by atoms with van der Waals surface area (Å²) in [6.45, 7) is 6.45. The van der Waals surface area contributed by atoms with Gasteiger partial charge in [-0.05, 0) is 31.2 Å². The molecule has 0 aliphatic heterocycles. The van der Waals surface area contributed by atoms with Gasteiger partial charge in [-0.25, -0.2) is 0 Å². The standard InChI is InChI=1S/C20H18N6OS/c1-3-13-26-17(15-9-11-21-12-10-15)22-25-20(26)28-14(2)18-23-24-19(27-18)16-7-5-4-6-8-16/h3-12,14H,1,13H2,2H3. The summed E-state index contributed by atoms with van der Waals surface area (Å²) in [5.41, 5.74) is 1.85. The molecule has 0 saturated carbocycles. The van der Waals surface area contributed by atoms with E-state index >= 15 is 0 Å². The maximum Gasteiger partial charge on any atom is 0.247 e. The van der Waals surface area contributed by atoms with Crippen LogP contribution >= 0.6 is 11.8 Å². The van der Waals surface area contributed by atoms with Gasteiger partial charge in [-0.15, -0.1) is 27.0 Å². The number of allylic oxidation sites excluding steroid dienone is 1. The summed E-state index contributed by atoms with van der Waals surface area (Å²) in [5.74, 6) is 1.82. The van der Waals surface area contributed by atoms with Gasteiger partial charge in [-0.2, -0.15) is 0 Å². The Morgan fingerprint density at radius 2 is 1.82 bits per heavy atom. The van der Waals surface area contributed by atoms with Crippen LogP contribution in [0.1, 0.15) is 18.1 Å². The second-order valence-electron chi connectivity index (χ2n) is 6.01. The summed E-state index contributed by atoms with van der Waals surface area (Å²) in [5, 5.41) is 17.8. The fraction of sp³-hybridized carbons (Fsp3) is 0.150. The zero-order valence-electron chi connectivity index (χ0n) is 15.3. The highest BCUT2D eigenvalue weighted by atomic mass is 32.2. The lowest BCUT2D eigenvalue weighted by Crippen LogP contribution is -2.02. The molecule has 0 spiro atoms. The molecule has 4 aromatic rings. The lowest BCUT2D eigenvalue weighted by Gasteiger charge is -2.09. The number of hydrogen-bond acceptors (Lipinski definition) is 7. The fourth-order valence-electron chi connectivity index (χ4n) is 2.69. The first-order valence-corrected chi connectivity index (χ1v) is 9.64. The molecule has 3 heterocycles. The molecule has 28 heavy (non-hydrogen) atoms. The van der Waals surface area contributed by atoms with Gasteiger partial charge in [-0.3, -0.25) is 9.55 Å². The number of aromatic nitrogens is 6. The molecule has 1 unspecified atom stereocenters. The normalized spacial score (nSPS) is 12.0. The van der Waals surface area contributed by atoms with Crippen LogP contribution in [0.5, 0.6) is 0 Å². The minimum Gasteiger partial charge on any atom is -0.419 e. The van der Waals surface area contributed by atoms with Gasteiger partial charge >= 0.3 is 0 Å². The number of thioether (sulfide) groups is 1. The first-order chi connectivity index (χ1) is 13.8. The van der Waals surface area contributed by atoms with E-state index in [0.717, 1.165) is 22.1 Å². The van der Waals surface area contributed by atoms with Gasteiger partial charge in [0.15, 0.2) is 11.0 Å². The van der Waals surface area contributed by atoms with Crippen molar-refractivity contribution in [2.45, 2.75) is 23.9 Å². The van der Waals surface area contributed by atoms with Crippen LogP contribution in [-0.4, -0.2) is 29.9 Å². The molecule has 0 bridgehead atoms. The molecule has 0 aliphatic rings. The fourth-order valence-corrected chi connectivity index (χ4v) is 3.58. The SMILES string of the molecule is C=CCn1c(SC(C)c2nnc(-c3ccccc3)o2)nnc1-c1ccncc1. The maximum atomic E-state index is 5.87. The molecular weight excluding hydrogens is 372 g/mol. The van der Waals surface area contributed by atoms with Crippen molar-refractivity contribution in [2.24, 2.45) is 0 Å². The average Bonchev–Trinajstić information content (AvgIpc) is 3.38. The minimum absolute atomic E-state index is 0.0805. The molecule has 1 atom stereocenters. The van der Waals surface area contributed by atoms with E-state index in [1.807, 2.05) is 60.0 Å². The lowest BCUT2D eigenvalue weighted by atomic mass is 10.2. The van der Waals surface area contributed by atoms with Crippen molar-refractivity contribution in [1.29, 1.82) is 0 Å². The van der Waals surface area contributed by atoms with Gasteiger partial charge in [0.1, 0.15) is 0 Å². The van der Waals surface area contributed by atoms with Crippen molar-refractivity contribution in [1.82, 2.24) is 29.9 Å². The van der Waals surface area contributed by atoms with Gasteiger partial charge in [-0.1, -0.05) is 36.0 Å². The Labute approximate surface area is 166 Å². The average molecular weight is 390 g/mol. The monoisotopic (exact) mass is 390 g/mol. The quantitative estimate of drug-likeness (QED) is 0.341. The van der Waals surface area contributed by atoms with E-state index in [4.69, 9.17) is 4.42 Å². The molecule has 0 amide bonds. The molecule has 0 radical (unpaired) electrons. The van der Waals surface area contributed by atoms with E-state index in [-0.39, 0.29) is 5.25 Å². The third kappa shape index (κ3) is 3.72. The van der Waals surface area contributed by atoms with Crippen molar-refractivity contribution < 1.29 is 4.42 Å². The van der Waals surface area contributed by atoms with Gasteiger partial charge < -0.3 is 4.42 Å². The predicted molar refractivity (Wildman–Crippen MR) is 107 cm³/mol. The summed E-state index contributed by atoms with van der Waals surface area (Å²) < 4.78 is 7.88. The van der Waals surface area contributed by atoms with Gasteiger partial charge in [0.2, 0.25) is 11.8 Å². The first-order valence-electron chi connectivity index (χ1n) is 8.76. The highest BCUT2D eigenvalue weighted by Gasteiger charge is 2.21. The van der Waals surface area contributed by atoms with Gasteiger partial charge in [0.05, 0.1) is 5.25 Å². The highest BCUT2D eigenvalue weighted by Crippen LogP contribution is 2.35. The number of hydrogen-bond donors (Lipinski definition) is 0. The van der Waals surface area contributed by atoms with Gasteiger partial charge in [0, 0.05) is 30.1 Å². The van der Waals surface area contributed by atoms with E-state index in [1.54, 1.807) is 12.4 Å². The second-order valence-corrected chi connectivity index (χ2v) is 7.32. The molecule has 0 aliphatic carbocycles. The molecular formula is C20H18N6OS. The zero-order chi connectivity index (χ0) is 19.3. The Hall–Kier alpha value is -3.26. The van der Waals surface area contributed by atoms with E-state index in [9.17, 15) is 0 Å². The molecule has 4 rings (SSSR count). The van der Waals surface area contributed by atoms with Crippen LogP contribution in [0.25, 0.3) is 22.8 Å². The first kappa shape index (κ1) is 18.1. The second kappa shape index (κ2) is 8.18. The van der Waals surface area contributed by atoms with Crippen LogP contribution in [0, 0.1) is 0 Å². The zero-order valence-corrected chi connectivity index (χ0v) is 16.1. The Balaban J connectivity index is 1.58. The summed E-state index contributed by atoms with van der Waals surface area (Å²) in [7, 11) is 0. The molecule has 7 nitrogen and oxygen atoms in total. The van der Waals surface area contributed by atoms with Crippen molar-refractivity contribution in [3.63, 3.8) is 0 Å². The van der Waals surface area contributed by atoms with Crippen molar-refractivity contribution in [3.8, 4) is 22.8 Å². The Morgan fingerprint density at radius 3 is 2.57 bits per heavy atom. The Bertz CT molecular complexity index is 1060. The lowest BCUT2D eigenvalue weighted by molar-refractivity contribution is 0.508. The van der Waals surface area contributed by atoms with Gasteiger partial charge in [0.25, 0.3) is 0 Å². The van der Waals surface area contributed by atoms with Crippen LogP contribution in [0.3, 0.4) is 0 Å². The molecule has 0 fully saturated rings. The Morgan fingerprint density at radius 1 is 1.04 bits per heavy atom. The Kier molecular flexibility index (Phi) is 5.29. The van der Waals surface area contributed by atoms with Crippen LogP contribution in [0.2, 0.25) is 0 Å². The molecule has 3 aromatic heterocycles. The summed E-state index contributed by atoms with van der Waals surface area (Å²) in [6.07, 6.45) is 5.30. The van der Waals surface area contributed by atoms with E-state index in [0.29, 0.717) is 18.3 Å².